The van der Waals surface area contributed by atoms with Gasteiger partial charge in [0.15, 0.2) is 9.84 Å². The number of ether oxygens (including phenoxy) is 1. The second-order valence-electron chi connectivity index (χ2n) is 8.61. The maximum absolute atomic E-state index is 13.4. The standard InChI is InChI=1S/C22H23F5N2O4S/c1-13-8-17(16-4-7-28-20(16)29(13)30)18-9-14(34(31,32)15(10-23)11-24)2-3-19(18)33-12-21(5-6-21)22(25,26)27/h2-4,7-8,15,28,30H,5-6,9-12H2,1H3. The quantitative estimate of drug-likeness (QED) is 0.501. The Balaban J connectivity index is 1.79. The Morgan fingerprint density at radius 1 is 1.24 bits per heavy atom. The first-order valence-corrected chi connectivity index (χ1v) is 12.0. The minimum Gasteiger partial charge on any atom is -0.492 e. The molecule has 1 fully saturated rings. The zero-order valence-corrected chi connectivity index (χ0v) is 18.9. The molecule has 2 heterocycles. The van der Waals surface area contributed by atoms with Gasteiger partial charge in [0.25, 0.3) is 0 Å². The first-order chi connectivity index (χ1) is 15.9. The summed E-state index contributed by atoms with van der Waals surface area (Å²) >= 11 is 0. The fourth-order valence-electron chi connectivity index (χ4n) is 3.97. The van der Waals surface area contributed by atoms with Crippen LogP contribution in [0, 0.1) is 5.41 Å². The molecule has 6 nitrogen and oxygen atoms in total. The number of hydrogen-bond donors (Lipinski definition) is 2. The van der Waals surface area contributed by atoms with E-state index in [1.165, 1.54) is 18.3 Å². The van der Waals surface area contributed by atoms with Crippen molar-refractivity contribution in [3.05, 3.63) is 58.0 Å². The lowest BCUT2D eigenvalue weighted by Crippen LogP contribution is -2.30. The summed E-state index contributed by atoms with van der Waals surface area (Å²) in [5.74, 6) is 0.310. The third kappa shape index (κ3) is 4.06. The Hall–Kier alpha value is -2.60. The molecule has 1 aromatic heterocycles. The van der Waals surface area contributed by atoms with Crippen LogP contribution in [0.15, 0.2) is 52.4 Å². The van der Waals surface area contributed by atoms with Crippen molar-refractivity contribution in [3.63, 3.8) is 0 Å². The summed E-state index contributed by atoms with van der Waals surface area (Å²) in [4.78, 5) is 2.58. The van der Waals surface area contributed by atoms with E-state index in [4.69, 9.17) is 4.74 Å². The van der Waals surface area contributed by atoms with Crippen LogP contribution in [-0.4, -0.2) is 50.0 Å². The lowest BCUT2D eigenvalue weighted by atomic mass is 9.92. The molecule has 0 aromatic carbocycles. The van der Waals surface area contributed by atoms with E-state index in [-0.39, 0.29) is 41.3 Å². The number of anilines is 1. The second-order valence-corrected chi connectivity index (χ2v) is 10.9. The maximum Gasteiger partial charge on any atom is 0.397 e. The third-order valence-corrected chi connectivity index (χ3v) is 8.56. The van der Waals surface area contributed by atoms with Gasteiger partial charge in [-0.3, -0.25) is 5.21 Å². The highest BCUT2D eigenvalue weighted by molar-refractivity contribution is 7.95. The van der Waals surface area contributed by atoms with Gasteiger partial charge in [-0.2, -0.15) is 13.2 Å². The van der Waals surface area contributed by atoms with Crippen molar-refractivity contribution in [2.45, 2.75) is 37.6 Å². The Bertz CT molecular complexity index is 1200. The molecule has 4 rings (SSSR count). The van der Waals surface area contributed by atoms with Gasteiger partial charge in [-0.15, -0.1) is 0 Å². The molecule has 12 heteroatoms. The molecule has 1 aliphatic heterocycles. The zero-order chi connectivity index (χ0) is 24.9. The summed E-state index contributed by atoms with van der Waals surface area (Å²) in [5.41, 5.74) is -0.480. The van der Waals surface area contributed by atoms with Crippen molar-refractivity contribution in [2.24, 2.45) is 5.41 Å². The molecular weight excluding hydrogens is 483 g/mol. The predicted molar refractivity (Wildman–Crippen MR) is 115 cm³/mol. The lowest BCUT2D eigenvalue weighted by molar-refractivity contribution is -0.198. The summed E-state index contributed by atoms with van der Waals surface area (Å²) in [5, 5.41) is 9.28. The molecule has 186 valence electrons. The van der Waals surface area contributed by atoms with E-state index in [0.29, 0.717) is 16.8 Å². The number of rotatable bonds is 7. The van der Waals surface area contributed by atoms with Gasteiger partial charge in [0, 0.05) is 34.4 Å². The van der Waals surface area contributed by atoms with Crippen LogP contribution < -0.4 is 5.06 Å². The van der Waals surface area contributed by atoms with Gasteiger partial charge in [-0.05, 0) is 49.6 Å². The van der Waals surface area contributed by atoms with E-state index in [2.05, 4.69) is 4.98 Å². The number of hydrogen-bond acceptors (Lipinski definition) is 5. The average Bonchev–Trinajstić information content (AvgIpc) is 3.44. The first kappa shape index (κ1) is 24.5. The number of alkyl halides is 5. The molecule has 2 aliphatic carbocycles. The molecule has 0 spiro atoms. The summed E-state index contributed by atoms with van der Waals surface area (Å²) < 4.78 is 97.9. The molecule has 0 saturated heterocycles. The molecule has 1 aromatic rings. The highest BCUT2D eigenvalue weighted by Gasteiger charge is 2.64. The van der Waals surface area contributed by atoms with Gasteiger partial charge in [0.05, 0.1) is 0 Å². The SMILES string of the molecule is CC1=CC(=C2CC(S(=O)(=O)C(CF)CF)=CC=C2OCC2(C(F)(F)F)CC2)c2cc[nH]c2N1O. The number of aromatic amines is 1. The number of H-pyrrole nitrogens is 1. The number of fused-ring (bicyclic) bond motifs is 1. The number of halogens is 5. The molecule has 1 saturated carbocycles. The fraction of sp³-hybridized carbons (Fsp3) is 0.455. The molecule has 0 unspecified atom stereocenters. The van der Waals surface area contributed by atoms with Crippen LogP contribution in [-0.2, 0) is 14.6 Å². The van der Waals surface area contributed by atoms with Gasteiger partial charge < -0.3 is 9.72 Å². The summed E-state index contributed by atoms with van der Waals surface area (Å²) in [6.07, 6.45) is 0.500. The van der Waals surface area contributed by atoms with Crippen molar-refractivity contribution >= 4 is 21.2 Å². The highest BCUT2D eigenvalue weighted by Crippen LogP contribution is 2.58. The Kier molecular flexibility index (Phi) is 6.17. The molecule has 34 heavy (non-hydrogen) atoms. The molecule has 0 amide bonds. The summed E-state index contributed by atoms with van der Waals surface area (Å²) in [6.45, 7) is -1.88. The normalized spacial score (nSPS) is 22.2. The van der Waals surface area contributed by atoms with Gasteiger partial charge in [0.2, 0.25) is 0 Å². The van der Waals surface area contributed by atoms with E-state index in [9.17, 15) is 35.6 Å². The van der Waals surface area contributed by atoms with Crippen LogP contribution in [0.5, 0.6) is 0 Å². The summed E-state index contributed by atoms with van der Waals surface area (Å²) in [7, 11) is -4.35. The van der Waals surface area contributed by atoms with E-state index in [1.807, 2.05) is 0 Å². The fourth-order valence-corrected chi connectivity index (χ4v) is 5.34. The van der Waals surface area contributed by atoms with Gasteiger partial charge in [-0.1, -0.05) is 0 Å². The molecule has 0 radical (unpaired) electrons. The number of allylic oxidation sites excluding steroid dienone is 7. The number of nitrogens with one attached hydrogen (secondary N) is 1. The van der Waals surface area contributed by atoms with Crippen molar-refractivity contribution in [2.75, 3.05) is 25.0 Å². The number of sulfone groups is 1. The molecule has 2 N–H and O–H groups in total. The second kappa shape index (κ2) is 8.56. The predicted octanol–water partition coefficient (Wildman–Crippen LogP) is 5.13. The van der Waals surface area contributed by atoms with Crippen LogP contribution >= 0.6 is 0 Å². The molecular formula is C22H23F5N2O4S. The van der Waals surface area contributed by atoms with Crippen molar-refractivity contribution in [1.82, 2.24) is 4.98 Å². The van der Waals surface area contributed by atoms with Gasteiger partial charge in [0.1, 0.15) is 42.2 Å². The number of aromatic nitrogens is 1. The Morgan fingerprint density at radius 2 is 1.91 bits per heavy atom. The maximum atomic E-state index is 13.4. The molecule has 3 aliphatic rings. The molecule has 0 atom stereocenters. The van der Waals surface area contributed by atoms with Crippen LogP contribution in [0.25, 0.3) is 5.57 Å². The van der Waals surface area contributed by atoms with Crippen LogP contribution in [0.4, 0.5) is 27.8 Å². The van der Waals surface area contributed by atoms with Crippen LogP contribution in [0.1, 0.15) is 31.7 Å². The minimum atomic E-state index is -4.44. The monoisotopic (exact) mass is 506 g/mol. The van der Waals surface area contributed by atoms with E-state index < -0.39 is 46.6 Å². The van der Waals surface area contributed by atoms with Gasteiger partial charge >= 0.3 is 6.18 Å². The minimum absolute atomic E-state index is 0.0316. The highest BCUT2D eigenvalue weighted by atomic mass is 32.2. The topological polar surface area (TPSA) is 82.6 Å². The van der Waals surface area contributed by atoms with Crippen molar-refractivity contribution in [3.8, 4) is 0 Å². The van der Waals surface area contributed by atoms with Crippen LogP contribution in [0.2, 0.25) is 0 Å². The van der Waals surface area contributed by atoms with Crippen molar-refractivity contribution in [1.29, 1.82) is 0 Å². The Labute approximate surface area is 193 Å². The zero-order valence-electron chi connectivity index (χ0n) is 18.1. The Morgan fingerprint density at radius 3 is 2.50 bits per heavy atom. The summed E-state index contributed by atoms with van der Waals surface area (Å²) in [6, 6.07) is 1.61. The lowest BCUT2D eigenvalue weighted by Gasteiger charge is -2.28. The number of nitrogens with zero attached hydrogens (tertiary/aromatic N) is 1. The van der Waals surface area contributed by atoms with Crippen LogP contribution in [0.3, 0.4) is 0 Å². The van der Waals surface area contributed by atoms with Crippen molar-refractivity contribution < 1.29 is 40.3 Å². The third-order valence-electron chi connectivity index (χ3n) is 6.42. The van der Waals surface area contributed by atoms with Gasteiger partial charge in [-0.25, -0.2) is 22.3 Å². The first-order valence-electron chi connectivity index (χ1n) is 10.5. The van der Waals surface area contributed by atoms with E-state index in [1.54, 1.807) is 13.0 Å². The molecule has 0 bridgehead atoms. The number of hydroxylamine groups is 1. The smallest absolute Gasteiger partial charge is 0.397 e. The largest absolute Gasteiger partial charge is 0.492 e. The average molecular weight is 506 g/mol. The van der Waals surface area contributed by atoms with E-state index >= 15 is 0 Å². The van der Waals surface area contributed by atoms with E-state index in [0.717, 1.165) is 11.1 Å².